The number of carbonyl (C=O) groups is 1. The zero-order valence-corrected chi connectivity index (χ0v) is 11.7. The Labute approximate surface area is 113 Å². The molecule has 18 heavy (non-hydrogen) atoms. The van der Waals surface area contributed by atoms with Crippen molar-refractivity contribution in [3.05, 3.63) is 29.0 Å². The Morgan fingerprint density at radius 2 is 2.17 bits per heavy atom. The molecule has 1 saturated heterocycles. The summed E-state index contributed by atoms with van der Waals surface area (Å²) in [5, 5.41) is 0.482. The third kappa shape index (κ3) is 3.45. The predicted octanol–water partition coefficient (Wildman–Crippen LogP) is 3.27. The summed E-state index contributed by atoms with van der Waals surface area (Å²) in [5.41, 5.74) is 1.11. The maximum atomic E-state index is 12.1. The molecular formula is C14H19ClN2O. The monoisotopic (exact) mass is 266 g/mol. The van der Waals surface area contributed by atoms with Gasteiger partial charge in [-0.2, -0.15) is 0 Å². The number of nitrogens with zero attached hydrogens (tertiary/aromatic N) is 2. The van der Waals surface area contributed by atoms with Crippen molar-refractivity contribution in [3.8, 4) is 0 Å². The summed E-state index contributed by atoms with van der Waals surface area (Å²) in [6.45, 7) is 5.82. The minimum atomic E-state index is 0.224. The van der Waals surface area contributed by atoms with Crippen LogP contribution in [0.25, 0.3) is 0 Å². The lowest BCUT2D eigenvalue weighted by Gasteiger charge is -2.23. The number of pyridine rings is 1. The molecule has 0 saturated carbocycles. The van der Waals surface area contributed by atoms with Crippen LogP contribution < -0.4 is 0 Å². The summed E-state index contributed by atoms with van der Waals surface area (Å²) >= 11 is 5.86. The number of aromatic nitrogens is 1. The molecular weight excluding hydrogens is 248 g/mol. The van der Waals surface area contributed by atoms with Crippen molar-refractivity contribution >= 4 is 17.5 Å². The Morgan fingerprint density at radius 1 is 1.39 bits per heavy atom. The van der Waals surface area contributed by atoms with Gasteiger partial charge in [0.05, 0.1) is 12.2 Å². The first-order valence-corrected chi connectivity index (χ1v) is 6.73. The smallest absolute Gasteiger partial charge is 0.222 e. The number of hydrogen-bond donors (Lipinski definition) is 0. The molecule has 0 atom stereocenters. The molecule has 4 heteroatoms. The number of carbonyl (C=O) groups excluding carboxylic acids is 1. The molecule has 0 radical (unpaired) electrons. The summed E-state index contributed by atoms with van der Waals surface area (Å²) in [5.74, 6) is 0.224. The molecule has 2 rings (SSSR count). The first-order valence-electron chi connectivity index (χ1n) is 6.35. The van der Waals surface area contributed by atoms with Gasteiger partial charge >= 0.3 is 0 Å². The fraction of sp³-hybridized carbons (Fsp3) is 0.571. The van der Waals surface area contributed by atoms with Crippen molar-refractivity contribution in [2.45, 2.75) is 39.7 Å². The van der Waals surface area contributed by atoms with Crippen LogP contribution in [0.15, 0.2) is 18.2 Å². The topological polar surface area (TPSA) is 33.2 Å². The van der Waals surface area contributed by atoms with Gasteiger partial charge in [-0.1, -0.05) is 31.5 Å². The van der Waals surface area contributed by atoms with Crippen LogP contribution in [0, 0.1) is 5.41 Å². The normalized spacial score (nSPS) is 19.7. The number of hydrogen-bond acceptors (Lipinski definition) is 2. The van der Waals surface area contributed by atoms with E-state index in [4.69, 9.17) is 11.6 Å². The highest BCUT2D eigenvalue weighted by atomic mass is 35.5. The van der Waals surface area contributed by atoms with Crippen molar-refractivity contribution in [2.24, 2.45) is 5.41 Å². The molecule has 0 spiro atoms. The lowest BCUT2D eigenvalue weighted by molar-refractivity contribution is -0.131. The van der Waals surface area contributed by atoms with E-state index < -0.39 is 0 Å². The Hall–Kier alpha value is -1.09. The second kappa shape index (κ2) is 5.27. The fourth-order valence-corrected chi connectivity index (χ4v) is 2.37. The van der Waals surface area contributed by atoms with E-state index in [1.807, 2.05) is 17.0 Å². The van der Waals surface area contributed by atoms with Gasteiger partial charge in [0.25, 0.3) is 0 Å². The fourth-order valence-electron chi connectivity index (χ4n) is 2.19. The Balaban J connectivity index is 2.06. The van der Waals surface area contributed by atoms with Crippen LogP contribution in [0.5, 0.6) is 0 Å². The molecule has 1 amide bonds. The first kappa shape index (κ1) is 13.3. The van der Waals surface area contributed by atoms with Gasteiger partial charge in [-0.3, -0.25) is 4.79 Å². The predicted molar refractivity (Wildman–Crippen MR) is 72.3 cm³/mol. The molecule has 0 aliphatic carbocycles. The van der Waals surface area contributed by atoms with Crippen molar-refractivity contribution in [1.29, 1.82) is 0 Å². The van der Waals surface area contributed by atoms with E-state index in [0.717, 1.165) is 25.1 Å². The number of amides is 1. The lowest BCUT2D eigenvalue weighted by atomic mass is 9.85. The van der Waals surface area contributed by atoms with Gasteiger partial charge in [-0.05, 0) is 30.4 Å². The van der Waals surface area contributed by atoms with E-state index in [1.165, 1.54) is 0 Å². The second-order valence-corrected chi connectivity index (χ2v) is 6.07. The van der Waals surface area contributed by atoms with Gasteiger partial charge in [0.2, 0.25) is 5.91 Å². The van der Waals surface area contributed by atoms with Gasteiger partial charge in [-0.15, -0.1) is 0 Å². The summed E-state index contributed by atoms with van der Waals surface area (Å²) in [4.78, 5) is 18.2. The lowest BCUT2D eigenvalue weighted by Crippen LogP contribution is -2.30. The number of halogens is 1. The van der Waals surface area contributed by atoms with Crippen LogP contribution in [0.4, 0.5) is 0 Å². The van der Waals surface area contributed by atoms with Gasteiger partial charge in [0.1, 0.15) is 5.15 Å². The van der Waals surface area contributed by atoms with E-state index in [-0.39, 0.29) is 11.3 Å². The SMILES string of the molecule is CC1(C)CCC(=O)N(Cc2cccc(Cl)n2)CC1. The van der Waals surface area contributed by atoms with Gasteiger partial charge < -0.3 is 4.90 Å². The minimum absolute atomic E-state index is 0.224. The Kier molecular flexibility index (Phi) is 3.91. The molecule has 0 N–H and O–H groups in total. The molecule has 3 nitrogen and oxygen atoms in total. The minimum Gasteiger partial charge on any atom is -0.337 e. The highest BCUT2D eigenvalue weighted by molar-refractivity contribution is 6.29. The summed E-state index contributed by atoms with van der Waals surface area (Å²) in [6.07, 6.45) is 2.64. The highest BCUT2D eigenvalue weighted by Crippen LogP contribution is 2.30. The van der Waals surface area contributed by atoms with Crippen molar-refractivity contribution in [3.63, 3.8) is 0 Å². The third-order valence-corrected chi connectivity index (χ3v) is 3.76. The first-order chi connectivity index (χ1) is 8.46. The van der Waals surface area contributed by atoms with Crippen LogP contribution in [0.2, 0.25) is 5.15 Å². The molecule has 0 unspecified atom stereocenters. The Bertz CT molecular complexity index is 445. The van der Waals surface area contributed by atoms with E-state index in [1.54, 1.807) is 6.07 Å². The molecule has 0 bridgehead atoms. The average Bonchev–Trinajstić information content (AvgIpc) is 2.42. The van der Waals surface area contributed by atoms with E-state index in [0.29, 0.717) is 18.1 Å². The van der Waals surface area contributed by atoms with Crippen LogP contribution in [0.1, 0.15) is 38.8 Å². The molecule has 0 aromatic carbocycles. The zero-order chi connectivity index (χ0) is 13.2. The maximum Gasteiger partial charge on any atom is 0.222 e. The third-order valence-electron chi connectivity index (χ3n) is 3.55. The van der Waals surface area contributed by atoms with E-state index in [2.05, 4.69) is 18.8 Å². The largest absolute Gasteiger partial charge is 0.337 e. The molecule has 1 aliphatic rings. The van der Waals surface area contributed by atoms with Crippen LogP contribution in [-0.2, 0) is 11.3 Å². The second-order valence-electron chi connectivity index (χ2n) is 5.68. The summed E-state index contributed by atoms with van der Waals surface area (Å²) in [6, 6.07) is 5.53. The van der Waals surface area contributed by atoms with Crippen LogP contribution in [-0.4, -0.2) is 22.3 Å². The van der Waals surface area contributed by atoms with E-state index >= 15 is 0 Å². The molecule has 1 fully saturated rings. The summed E-state index contributed by atoms with van der Waals surface area (Å²) in [7, 11) is 0. The molecule has 1 aliphatic heterocycles. The quantitative estimate of drug-likeness (QED) is 0.770. The number of likely N-dealkylation sites (tertiary alicyclic amines) is 1. The highest BCUT2D eigenvalue weighted by Gasteiger charge is 2.27. The Morgan fingerprint density at radius 3 is 2.89 bits per heavy atom. The molecule has 1 aromatic heterocycles. The molecule has 2 heterocycles. The summed E-state index contributed by atoms with van der Waals surface area (Å²) < 4.78 is 0. The molecule has 1 aromatic rings. The zero-order valence-electron chi connectivity index (χ0n) is 10.9. The van der Waals surface area contributed by atoms with Gasteiger partial charge in [-0.25, -0.2) is 4.98 Å². The molecule has 98 valence electrons. The van der Waals surface area contributed by atoms with Crippen LogP contribution >= 0.6 is 11.6 Å². The number of rotatable bonds is 2. The van der Waals surface area contributed by atoms with Crippen LogP contribution in [0.3, 0.4) is 0 Å². The van der Waals surface area contributed by atoms with Gasteiger partial charge in [0, 0.05) is 13.0 Å². The van der Waals surface area contributed by atoms with E-state index in [9.17, 15) is 4.79 Å². The van der Waals surface area contributed by atoms with Crippen molar-refractivity contribution < 1.29 is 4.79 Å². The van der Waals surface area contributed by atoms with Gasteiger partial charge in [0.15, 0.2) is 0 Å². The standard InChI is InChI=1S/C14H19ClN2O/c1-14(2)7-6-13(18)17(9-8-14)10-11-4-3-5-12(15)16-11/h3-5H,6-10H2,1-2H3. The average molecular weight is 267 g/mol. The van der Waals surface area contributed by atoms with Crippen molar-refractivity contribution in [1.82, 2.24) is 9.88 Å². The van der Waals surface area contributed by atoms with Crippen molar-refractivity contribution in [2.75, 3.05) is 6.54 Å². The maximum absolute atomic E-state index is 12.1.